The highest BCUT2D eigenvalue weighted by Gasteiger charge is 2.37. The third-order valence-electron chi connectivity index (χ3n) is 4.01. The number of hydrogen-bond acceptors (Lipinski definition) is 5. The Hall–Kier alpha value is -1.72. The first kappa shape index (κ1) is 12.3. The van der Waals surface area contributed by atoms with E-state index in [9.17, 15) is 9.18 Å². The normalized spacial score (nSPS) is 19.8. The molecule has 5 nitrogen and oxygen atoms in total. The van der Waals surface area contributed by atoms with Gasteiger partial charge < -0.3 is 9.64 Å². The van der Waals surface area contributed by atoms with E-state index in [4.69, 9.17) is 0 Å². The summed E-state index contributed by atoms with van der Waals surface area (Å²) in [4.78, 5) is 21.2. The lowest BCUT2D eigenvalue weighted by Crippen LogP contribution is -2.51. The summed E-state index contributed by atoms with van der Waals surface area (Å²) in [5.74, 6) is -0.191. The molecule has 3 rings (SSSR count). The monoisotopic (exact) mass is 265 g/mol. The van der Waals surface area contributed by atoms with Crippen LogP contribution in [0.1, 0.15) is 30.9 Å². The van der Waals surface area contributed by atoms with Crippen molar-refractivity contribution in [3.8, 4) is 0 Å². The van der Waals surface area contributed by atoms with Crippen molar-refractivity contribution in [1.29, 1.82) is 0 Å². The zero-order chi connectivity index (χ0) is 13.4. The number of esters is 1. The number of ether oxygens (including phenoxy) is 1. The average molecular weight is 265 g/mol. The fraction of sp³-hybridized carbons (Fsp3) is 0.615. The Bertz CT molecular complexity index is 499. The molecule has 0 spiro atoms. The summed E-state index contributed by atoms with van der Waals surface area (Å²) in [6.45, 7) is 0.926. The largest absolute Gasteiger partial charge is 0.469 e. The first-order valence-electron chi connectivity index (χ1n) is 6.54. The zero-order valence-electron chi connectivity index (χ0n) is 10.8. The molecule has 1 saturated heterocycles. The smallest absolute Gasteiger partial charge is 0.312 e. The van der Waals surface area contributed by atoms with Gasteiger partial charge in [-0.15, -0.1) is 0 Å². The van der Waals surface area contributed by atoms with Gasteiger partial charge in [-0.3, -0.25) is 4.79 Å². The number of carbonyl (C=O) groups is 1. The van der Waals surface area contributed by atoms with E-state index < -0.39 is 0 Å². The molecule has 1 aliphatic carbocycles. The second kappa shape index (κ2) is 4.75. The van der Waals surface area contributed by atoms with Crippen molar-refractivity contribution in [1.82, 2.24) is 9.97 Å². The van der Waals surface area contributed by atoms with Crippen LogP contribution in [0, 0.1) is 11.7 Å². The highest BCUT2D eigenvalue weighted by atomic mass is 19.1. The number of carbonyl (C=O) groups excluding carboxylic acids is 1. The second-order valence-electron chi connectivity index (χ2n) is 5.15. The van der Waals surface area contributed by atoms with Crippen LogP contribution in [0.5, 0.6) is 0 Å². The van der Waals surface area contributed by atoms with Gasteiger partial charge in [-0.1, -0.05) is 6.42 Å². The van der Waals surface area contributed by atoms with E-state index in [1.54, 1.807) is 4.90 Å². The van der Waals surface area contributed by atoms with Crippen molar-refractivity contribution < 1.29 is 13.9 Å². The average Bonchev–Trinajstić information content (AvgIpc) is 2.29. The molecule has 0 N–H and O–H groups in total. The van der Waals surface area contributed by atoms with Crippen LogP contribution in [0.2, 0.25) is 0 Å². The minimum atomic E-state index is -0.324. The summed E-state index contributed by atoms with van der Waals surface area (Å²) in [5.41, 5.74) is 0.526. The van der Waals surface area contributed by atoms with E-state index in [0.717, 1.165) is 19.3 Å². The first-order valence-corrected chi connectivity index (χ1v) is 6.54. The van der Waals surface area contributed by atoms with Crippen molar-refractivity contribution in [3.05, 3.63) is 17.8 Å². The molecule has 0 atom stereocenters. The molecule has 0 amide bonds. The molecule has 2 fully saturated rings. The quantitative estimate of drug-likeness (QED) is 0.775. The van der Waals surface area contributed by atoms with Crippen LogP contribution >= 0.6 is 0 Å². The van der Waals surface area contributed by atoms with Gasteiger partial charge in [-0.25, -0.2) is 14.4 Å². The minimum absolute atomic E-state index is 0.175. The second-order valence-corrected chi connectivity index (χ2v) is 5.15. The fourth-order valence-electron chi connectivity index (χ4n) is 2.53. The molecule has 0 aromatic carbocycles. The Morgan fingerprint density at radius 3 is 2.74 bits per heavy atom. The number of halogens is 1. The summed E-state index contributed by atoms with van der Waals surface area (Å²) in [6, 6.07) is 0. The van der Waals surface area contributed by atoms with Gasteiger partial charge in [0.15, 0.2) is 11.6 Å². The third-order valence-corrected chi connectivity index (χ3v) is 4.01. The molecule has 6 heteroatoms. The van der Waals surface area contributed by atoms with Gasteiger partial charge in [0.25, 0.3) is 0 Å². The van der Waals surface area contributed by atoms with Crippen molar-refractivity contribution in [2.45, 2.75) is 25.2 Å². The minimum Gasteiger partial charge on any atom is -0.469 e. The van der Waals surface area contributed by atoms with Gasteiger partial charge in [0.2, 0.25) is 0 Å². The molecule has 2 heterocycles. The van der Waals surface area contributed by atoms with Crippen LogP contribution < -0.4 is 4.90 Å². The van der Waals surface area contributed by atoms with Crippen molar-refractivity contribution in [3.63, 3.8) is 0 Å². The van der Waals surface area contributed by atoms with Crippen LogP contribution in [0.15, 0.2) is 6.33 Å². The van der Waals surface area contributed by atoms with E-state index in [1.807, 2.05) is 0 Å². The topological polar surface area (TPSA) is 55.3 Å². The van der Waals surface area contributed by atoms with E-state index in [0.29, 0.717) is 24.6 Å². The molecule has 2 aliphatic rings. The molecule has 0 unspecified atom stereocenters. The molecule has 102 valence electrons. The first-order chi connectivity index (χ1) is 9.20. The van der Waals surface area contributed by atoms with Crippen molar-refractivity contribution >= 4 is 11.8 Å². The van der Waals surface area contributed by atoms with E-state index in [-0.39, 0.29) is 23.6 Å². The predicted octanol–water partition coefficient (Wildman–Crippen LogP) is 1.49. The van der Waals surface area contributed by atoms with E-state index in [2.05, 4.69) is 14.7 Å². The summed E-state index contributed by atoms with van der Waals surface area (Å²) >= 11 is 0. The Balaban J connectivity index is 1.74. The Morgan fingerprint density at radius 1 is 1.42 bits per heavy atom. The molecular formula is C13H16FN3O2. The van der Waals surface area contributed by atoms with Gasteiger partial charge >= 0.3 is 5.97 Å². The van der Waals surface area contributed by atoms with E-state index >= 15 is 0 Å². The summed E-state index contributed by atoms with van der Waals surface area (Å²) in [6.07, 6.45) is 4.55. The van der Waals surface area contributed by atoms with Crippen LogP contribution in [0.25, 0.3) is 0 Å². The molecule has 1 saturated carbocycles. The Kier molecular flexibility index (Phi) is 3.08. The molecule has 19 heavy (non-hydrogen) atoms. The maximum Gasteiger partial charge on any atom is 0.312 e. The number of aromatic nitrogens is 2. The lowest BCUT2D eigenvalue weighted by molar-refractivity contribution is -0.146. The lowest BCUT2D eigenvalue weighted by Gasteiger charge is -2.38. The highest BCUT2D eigenvalue weighted by Crippen LogP contribution is 2.38. The van der Waals surface area contributed by atoms with Gasteiger partial charge in [0.1, 0.15) is 6.33 Å². The highest BCUT2D eigenvalue weighted by molar-refractivity contribution is 5.76. The van der Waals surface area contributed by atoms with Gasteiger partial charge in [-0.05, 0) is 12.8 Å². The SMILES string of the molecule is COC(=O)C1CN(c2ncnc(C3CCC3)c2F)C1. The zero-order valence-corrected chi connectivity index (χ0v) is 10.8. The van der Waals surface area contributed by atoms with Gasteiger partial charge in [0.05, 0.1) is 18.7 Å². The molecule has 1 aromatic heterocycles. The van der Waals surface area contributed by atoms with Gasteiger partial charge in [0, 0.05) is 19.0 Å². The van der Waals surface area contributed by atoms with Crippen LogP contribution in [-0.2, 0) is 9.53 Å². The van der Waals surface area contributed by atoms with Crippen molar-refractivity contribution in [2.75, 3.05) is 25.1 Å². The molecular weight excluding hydrogens is 249 g/mol. The Morgan fingerprint density at radius 2 is 2.16 bits per heavy atom. The number of hydrogen-bond donors (Lipinski definition) is 0. The predicted molar refractivity (Wildman–Crippen MR) is 66.3 cm³/mol. The summed E-state index contributed by atoms with van der Waals surface area (Å²) in [5, 5.41) is 0. The standard InChI is InChI=1S/C13H16FN3O2/c1-19-13(18)9-5-17(6-9)12-10(14)11(15-7-16-12)8-3-2-4-8/h7-9H,2-6H2,1H3. The molecule has 1 aliphatic heterocycles. The van der Waals surface area contributed by atoms with E-state index in [1.165, 1.54) is 13.4 Å². The number of nitrogens with zero attached hydrogens (tertiary/aromatic N) is 3. The van der Waals surface area contributed by atoms with Crippen LogP contribution in [0.4, 0.5) is 10.2 Å². The van der Waals surface area contributed by atoms with Crippen molar-refractivity contribution in [2.24, 2.45) is 5.92 Å². The number of methoxy groups -OCH3 is 1. The fourth-order valence-corrected chi connectivity index (χ4v) is 2.53. The van der Waals surface area contributed by atoms with Crippen LogP contribution in [0.3, 0.4) is 0 Å². The number of anilines is 1. The lowest BCUT2D eigenvalue weighted by atomic mass is 9.82. The maximum atomic E-state index is 14.3. The summed E-state index contributed by atoms with van der Waals surface area (Å²) in [7, 11) is 1.37. The molecule has 0 radical (unpaired) electrons. The van der Waals surface area contributed by atoms with Gasteiger partial charge in [-0.2, -0.15) is 0 Å². The third kappa shape index (κ3) is 2.05. The Labute approximate surface area is 110 Å². The summed E-state index contributed by atoms with van der Waals surface area (Å²) < 4.78 is 19.0. The molecule has 1 aromatic rings. The molecule has 0 bridgehead atoms. The van der Waals surface area contributed by atoms with Crippen LogP contribution in [-0.4, -0.2) is 36.1 Å². The maximum absolute atomic E-state index is 14.3. The number of rotatable bonds is 3.